The van der Waals surface area contributed by atoms with Crippen molar-refractivity contribution in [3.05, 3.63) is 77.9 Å². The van der Waals surface area contributed by atoms with Gasteiger partial charge in [0, 0.05) is 22.5 Å². The highest BCUT2D eigenvalue weighted by Crippen LogP contribution is 2.31. The average molecular weight is 480 g/mol. The van der Waals surface area contributed by atoms with E-state index in [1.807, 2.05) is 30.3 Å². The van der Waals surface area contributed by atoms with Gasteiger partial charge in [-0.1, -0.05) is 6.07 Å². The second-order valence-corrected chi connectivity index (χ2v) is 12.3. The maximum absolute atomic E-state index is 12.6. The predicted octanol–water partition coefficient (Wildman–Crippen LogP) is 6.06. The van der Waals surface area contributed by atoms with E-state index in [4.69, 9.17) is 4.98 Å². The van der Waals surface area contributed by atoms with Crippen molar-refractivity contribution in [2.75, 3.05) is 10.0 Å². The molecular weight excluding hydrogens is 454 g/mol. The number of hydrogen-bond acceptors (Lipinski definition) is 5. The minimum atomic E-state index is -3.53. The molecule has 0 radical (unpaired) electrons. The van der Waals surface area contributed by atoms with Crippen LogP contribution in [0.15, 0.2) is 66.7 Å². The molecule has 2 N–H and O–H groups in total. The summed E-state index contributed by atoms with van der Waals surface area (Å²) in [6.45, 7) is 6.94. The Morgan fingerprint density at radius 2 is 1.55 bits per heavy atom. The number of carbonyl (C=O) groups excluding carboxylic acids is 1. The van der Waals surface area contributed by atoms with Crippen LogP contribution in [0.4, 0.5) is 11.4 Å². The van der Waals surface area contributed by atoms with E-state index in [0.29, 0.717) is 16.9 Å². The fourth-order valence-corrected chi connectivity index (χ4v) is 4.87. The van der Waals surface area contributed by atoms with Crippen molar-refractivity contribution in [2.24, 2.45) is 0 Å². The third-order valence-corrected chi connectivity index (χ3v) is 8.32. The number of carbonyl (C=O) groups is 1. The number of thiazole rings is 1. The van der Waals surface area contributed by atoms with Crippen LogP contribution in [0, 0.1) is 6.92 Å². The summed E-state index contributed by atoms with van der Waals surface area (Å²) in [4.78, 5) is 17.3. The number of aromatic nitrogens is 1. The van der Waals surface area contributed by atoms with Crippen molar-refractivity contribution in [1.29, 1.82) is 0 Å². The number of benzene rings is 3. The van der Waals surface area contributed by atoms with Crippen molar-refractivity contribution < 1.29 is 13.2 Å². The summed E-state index contributed by atoms with van der Waals surface area (Å²) in [6.07, 6.45) is 0. The Morgan fingerprint density at radius 1 is 0.909 bits per heavy atom. The monoisotopic (exact) mass is 479 g/mol. The van der Waals surface area contributed by atoms with E-state index in [0.717, 1.165) is 20.8 Å². The van der Waals surface area contributed by atoms with Gasteiger partial charge in [0.15, 0.2) is 0 Å². The third kappa shape index (κ3) is 5.07. The summed E-state index contributed by atoms with van der Waals surface area (Å²) in [7, 11) is -3.53. The maximum Gasteiger partial charge on any atom is 0.255 e. The van der Waals surface area contributed by atoms with E-state index < -0.39 is 14.8 Å². The standard InChI is InChI=1S/C25H25N3O3S2/c1-16-5-14-21-22(15-16)32-24(27-21)18-8-10-19(11-9-18)26-23(29)17-6-12-20(13-7-17)28-33(30,31)25(2,3)4/h5-15,28H,1-4H3,(H,26,29). The Kier molecular flexibility index (Phi) is 5.99. The van der Waals surface area contributed by atoms with E-state index >= 15 is 0 Å². The van der Waals surface area contributed by atoms with Crippen LogP contribution in [-0.4, -0.2) is 24.1 Å². The van der Waals surface area contributed by atoms with Crippen molar-refractivity contribution in [2.45, 2.75) is 32.4 Å². The molecule has 0 bridgehead atoms. The molecule has 6 nitrogen and oxygen atoms in total. The van der Waals surface area contributed by atoms with Crippen molar-refractivity contribution in [3.63, 3.8) is 0 Å². The van der Waals surface area contributed by atoms with Gasteiger partial charge in [-0.25, -0.2) is 13.4 Å². The first-order valence-corrected chi connectivity index (χ1v) is 12.7. The van der Waals surface area contributed by atoms with Crippen LogP contribution in [0.25, 0.3) is 20.8 Å². The summed E-state index contributed by atoms with van der Waals surface area (Å²) in [5.74, 6) is -0.275. The zero-order chi connectivity index (χ0) is 23.8. The van der Waals surface area contributed by atoms with Gasteiger partial charge in [-0.05, 0) is 93.9 Å². The van der Waals surface area contributed by atoms with Crippen molar-refractivity contribution in [3.8, 4) is 10.6 Å². The van der Waals surface area contributed by atoms with E-state index in [1.54, 1.807) is 56.4 Å². The Morgan fingerprint density at radius 3 is 2.18 bits per heavy atom. The van der Waals surface area contributed by atoms with Crippen LogP contribution in [0.2, 0.25) is 0 Å². The van der Waals surface area contributed by atoms with E-state index in [9.17, 15) is 13.2 Å². The van der Waals surface area contributed by atoms with Gasteiger partial charge in [-0.3, -0.25) is 9.52 Å². The first-order valence-electron chi connectivity index (χ1n) is 10.4. The molecule has 33 heavy (non-hydrogen) atoms. The number of hydrogen-bond donors (Lipinski definition) is 2. The molecule has 0 spiro atoms. The summed E-state index contributed by atoms with van der Waals surface area (Å²) >= 11 is 1.64. The highest BCUT2D eigenvalue weighted by molar-refractivity contribution is 7.94. The molecule has 3 aromatic carbocycles. The van der Waals surface area contributed by atoms with E-state index in [-0.39, 0.29) is 5.91 Å². The fraction of sp³-hybridized carbons (Fsp3) is 0.200. The molecule has 0 unspecified atom stereocenters. The number of amides is 1. The summed E-state index contributed by atoms with van der Waals surface area (Å²) in [5, 5.41) is 3.80. The van der Waals surface area contributed by atoms with Gasteiger partial charge < -0.3 is 5.32 Å². The predicted molar refractivity (Wildman–Crippen MR) is 136 cm³/mol. The fourth-order valence-electron chi connectivity index (χ4n) is 3.05. The normalized spacial score (nSPS) is 12.0. The van der Waals surface area contributed by atoms with Crippen LogP contribution in [-0.2, 0) is 10.0 Å². The number of rotatable bonds is 5. The second kappa shape index (κ2) is 8.61. The number of nitrogens with zero attached hydrogens (tertiary/aromatic N) is 1. The van der Waals surface area contributed by atoms with E-state index in [2.05, 4.69) is 29.1 Å². The molecule has 1 aromatic heterocycles. The lowest BCUT2D eigenvalue weighted by molar-refractivity contribution is 0.102. The van der Waals surface area contributed by atoms with Gasteiger partial charge in [0.25, 0.3) is 5.91 Å². The summed E-state index contributed by atoms with van der Waals surface area (Å²) in [5.41, 5.74) is 4.68. The maximum atomic E-state index is 12.6. The zero-order valence-corrected chi connectivity index (χ0v) is 20.5. The van der Waals surface area contributed by atoms with Crippen LogP contribution in [0.1, 0.15) is 36.7 Å². The molecule has 0 aliphatic heterocycles. The SMILES string of the molecule is Cc1ccc2nc(-c3ccc(NC(=O)c4ccc(NS(=O)(=O)C(C)(C)C)cc4)cc3)sc2c1. The molecule has 0 atom stereocenters. The molecule has 0 saturated carbocycles. The van der Waals surface area contributed by atoms with Crippen LogP contribution in [0.5, 0.6) is 0 Å². The molecule has 0 saturated heterocycles. The molecule has 0 aliphatic rings. The molecule has 0 fully saturated rings. The molecule has 0 aliphatic carbocycles. The van der Waals surface area contributed by atoms with Gasteiger partial charge in [-0.2, -0.15) is 0 Å². The highest BCUT2D eigenvalue weighted by Gasteiger charge is 2.28. The third-order valence-electron chi connectivity index (χ3n) is 5.14. The van der Waals surface area contributed by atoms with Crippen LogP contribution < -0.4 is 10.0 Å². The molecule has 1 amide bonds. The second-order valence-electron chi connectivity index (χ2n) is 8.82. The Bertz CT molecular complexity index is 1420. The number of fused-ring (bicyclic) bond motifs is 1. The highest BCUT2D eigenvalue weighted by atomic mass is 32.2. The van der Waals surface area contributed by atoms with Crippen LogP contribution >= 0.6 is 11.3 Å². The first kappa shape index (κ1) is 22.9. The van der Waals surface area contributed by atoms with Crippen molar-refractivity contribution >= 4 is 48.9 Å². The Hall–Kier alpha value is -3.23. The molecule has 4 aromatic rings. The lowest BCUT2D eigenvalue weighted by Gasteiger charge is -2.20. The largest absolute Gasteiger partial charge is 0.322 e. The molecular formula is C25H25N3O3S2. The average Bonchev–Trinajstić information content (AvgIpc) is 3.17. The van der Waals surface area contributed by atoms with Gasteiger partial charge in [0.05, 0.1) is 15.0 Å². The zero-order valence-electron chi connectivity index (χ0n) is 18.8. The van der Waals surface area contributed by atoms with Gasteiger partial charge >= 0.3 is 0 Å². The van der Waals surface area contributed by atoms with Crippen molar-refractivity contribution in [1.82, 2.24) is 4.98 Å². The number of aryl methyl sites for hydroxylation is 1. The number of nitrogens with one attached hydrogen (secondary N) is 2. The Labute approximate surface area is 197 Å². The number of sulfonamides is 1. The van der Waals surface area contributed by atoms with Gasteiger partial charge in [0.2, 0.25) is 10.0 Å². The topological polar surface area (TPSA) is 88.2 Å². The lowest BCUT2D eigenvalue weighted by Crippen LogP contribution is -2.33. The molecule has 8 heteroatoms. The smallest absolute Gasteiger partial charge is 0.255 e. The van der Waals surface area contributed by atoms with Gasteiger partial charge in [0.1, 0.15) is 5.01 Å². The molecule has 4 rings (SSSR count). The lowest BCUT2D eigenvalue weighted by atomic mass is 10.1. The summed E-state index contributed by atoms with van der Waals surface area (Å²) < 4.78 is 27.3. The quantitative estimate of drug-likeness (QED) is 0.364. The van der Waals surface area contributed by atoms with E-state index in [1.165, 1.54) is 5.56 Å². The Balaban J connectivity index is 1.44. The summed E-state index contributed by atoms with van der Waals surface area (Å²) in [6, 6.07) is 20.1. The molecule has 1 heterocycles. The number of anilines is 2. The minimum Gasteiger partial charge on any atom is -0.322 e. The minimum absolute atomic E-state index is 0.275. The van der Waals surface area contributed by atoms with Gasteiger partial charge in [-0.15, -0.1) is 11.3 Å². The van der Waals surface area contributed by atoms with Crippen LogP contribution in [0.3, 0.4) is 0 Å². The molecule has 170 valence electrons. The first-order chi connectivity index (χ1) is 15.5.